The summed E-state index contributed by atoms with van der Waals surface area (Å²) in [5, 5.41) is 18.0. The van der Waals surface area contributed by atoms with Crippen LogP contribution >= 0.6 is 0 Å². The van der Waals surface area contributed by atoms with Crippen LogP contribution in [0, 0.1) is 12.8 Å². The molecule has 2 aliphatic rings. The van der Waals surface area contributed by atoms with Crippen molar-refractivity contribution in [1.82, 2.24) is 4.57 Å². The number of Topliss-reactive ketones (excluding diaryl/α,β-unsaturated/α-hetero) is 1. The molecule has 3 rings (SSSR count). The van der Waals surface area contributed by atoms with Gasteiger partial charge in [-0.15, -0.1) is 0 Å². The van der Waals surface area contributed by atoms with Gasteiger partial charge in [-0.1, -0.05) is 0 Å². The molecule has 94 valence electrons. The first-order chi connectivity index (χ1) is 8.43. The highest BCUT2D eigenvalue weighted by atomic mass is 16.4. The molecule has 1 aromatic heterocycles. The second kappa shape index (κ2) is 3.22. The Labute approximate surface area is 102 Å². The Hall–Kier alpha value is -2.11. The zero-order chi connectivity index (χ0) is 13.2. The van der Waals surface area contributed by atoms with E-state index in [1.165, 1.54) is 6.92 Å². The van der Waals surface area contributed by atoms with E-state index in [4.69, 9.17) is 5.11 Å². The van der Waals surface area contributed by atoms with E-state index in [9.17, 15) is 19.5 Å². The van der Waals surface area contributed by atoms with Gasteiger partial charge in [-0.05, 0) is 31.2 Å². The van der Waals surface area contributed by atoms with Gasteiger partial charge in [-0.25, -0.2) is 9.59 Å². The summed E-state index contributed by atoms with van der Waals surface area (Å²) in [6.45, 7) is 1.50. The molecule has 0 amide bonds. The predicted molar refractivity (Wildman–Crippen MR) is 58.9 cm³/mol. The van der Waals surface area contributed by atoms with E-state index in [-0.39, 0.29) is 22.9 Å². The summed E-state index contributed by atoms with van der Waals surface area (Å²) < 4.78 is 1.65. The van der Waals surface area contributed by atoms with Gasteiger partial charge in [0.1, 0.15) is 5.69 Å². The number of fused-ring (bicyclic) bond motifs is 3. The van der Waals surface area contributed by atoms with Crippen molar-refractivity contribution in [1.29, 1.82) is 0 Å². The molecule has 1 aliphatic heterocycles. The van der Waals surface area contributed by atoms with Crippen molar-refractivity contribution in [2.45, 2.75) is 25.8 Å². The summed E-state index contributed by atoms with van der Waals surface area (Å²) >= 11 is 0. The second-order valence-electron chi connectivity index (χ2n) is 4.87. The largest absolute Gasteiger partial charge is 0.477 e. The summed E-state index contributed by atoms with van der Waals surface area (Å²) in [7, 11) is 0. The third-order valence-electron chi connectivity index (χ3n) is 3.85. The van der Waals surface area contributed by atoms with Gasteiger partial charge in [0, 0.05) is 11.7 Å². The van der Waals surface area contributed by atoms with Crippen molar-refractivity contribution in [2.24, 2.45) is 5.92 Å². The molecule has 0 radical (unpaired) electrons. The summed E-state index contributed by atoms with van der Waals surface area (Å²) in [4.78, 5) is 33.8. The Bertz CT molecular complexity index is 612. The third kappa shape index (κ3) is 1.20. The maximum atomic E-state index is 11.7. The van der Waals surface area contributed by atoms with Crippen molar-refractivity contribution in [3.63, 3.8) is 0 Å². The second-order valence-corrected chi connectivity index (χ2v) is 4.87. The molecule has 1 aromatic rings. The van der Waals surface area contributed by atoms with Crippen LogP contribution in [-0.2, 0) is 11.2 Å². The molecule has 0 saturated heterocycles. The first kappa shape index (κ1) is 11.0. The predicted octanol–water partition coefficient (Wildman–Crippen LogP) is 0.879. The van der Waals surface area contributed by atoms with E-state index in [0.29, 0.717) is 18.0 Å². The molecule has 2 N–H and O–H groups in total. The van der Waals surface area contributed by atoms with Crippen LogP contribution in [0.1, 0.15) is 44.6 Å². The fourth-order valence-electron chi connectivity index (χ4n) is 3.02. The topological polar surface area (TPSA) is 96.6 Å². The van der Waals surface area contributed by atoms with Gasteiger partial charge in [0.25, 0.3) is 5.78 Å². The smallest absolute Gasteiger partial charge is 0.377 e. The van der Waals surface area contributed by atoms with Crippen LogP contribution in [-0.4, -0.2) is 32.5 Å². The van der Waals surface area contributed by atoms with Crippen LogP contribution in [0.5, 0.6) is 0 Å². The summed E-state index contributed by atoms with van der Waals surface area (Å²) in [5.41, 5.74) is 1.00. The minimum atomic E-state index is -1.54. The number of rotatable bonds is 3. The molecular weight excluding hydrogens is 238 g/mol. The van der Waals surface area contributed by atoms with Gasteiger partial charge in [-0.3, -0.25) is 4.79 Å². The molecule has 1 saturated carbocycles. The monoisotopic (exact) mass is 249 g/mol. The minimum Gasteiger partial charge on any atom is -0.477 e. The van der Waals surface area contributed by atoms with E-state index < -0.39 is 17.7 Å². The van der Waals surface area contributed by atoms with Crippen molar-refractivity contribution in [3.8, 4) is 0 Å². The number of aromatic carboxylic acids is 1. The van der Waals surface area contributed by atoms with Gasteiger partial charge in [0.15, 0.2) is 0 Å². The minimum absolute atomic E-state index is 0.0691. The lowest BCUT2D eigenvalue weighted by molar-refractivity contribution is -0.131. The number of carboxylic acids is 2. The number of aromatic nitrogens is 1. The zero-order valence-electron chi connectivity index (χ0n) is 9.64. The number of hydrogen-bond acceptors (Lipinski definition) is 3. The molecular formula is C12H11NO5. The van der Waals surface area contributed by atoms with Crippen LogP contribution in [0.25, 0.3) is 0 Å². The van der Waals surface area contributed by atoms with E-state index in [0.717, 1.165) is 6.42 Å². The molecule has 2 atom stereocenters. The molecule has 0 spiro atoms. The lowest BCUT2D eigenvalue weighted by Gasteiger charge is -2.04. The number of nitrogens with zero attached hydrogens (tertiary/aromatic N) is 1. The van der Waals surface area contributed by atoms with Gasteiger partial charge < -0.3 is 14.8 Å². The number of carbonyl (C=O) groups excluding carboxylic acids is 1. The first-order valence-corrected chi connectivity index (χ1v) is 5.68. The number of carboxylic acid groups (broad SMARTS) is 2. The SMILES string of the molecule is Cc1c(C(=O)C(=O)O)c2n(c1C(=O)O)[C@@H]1C[C@@H]1C2. The Morgan fingerprint density at radius 2 is 1.94 bits per heavy atom. The highest BCUT2D eigenvalue weighted by molar-refractivity contribution is 6.40. The molecule has 0 bridgehead atoms. The average Bonchev–Trinajstić information content (AvgIpc) is 2.85. The quantitative estimate of drug-likeness (QED) is 0.612. The molecule has 2 heterocycles. The Morgan fingerprint density at radius 1 is 1.28 bits per heavy atom. The van der Waals surface area contributed by atoms with E-state index >= 15 is 0 Å². The molecule has 1 aliphatic carbocycles. The first-order valence-electron chi connectivity index (χ1n) is 5.68. The Kier molecular flexibility index (Phi) is 1.97. The van der Waals surface area contributed by atoms with Crippen molar-refractivity contribution < 1.29 is 24.6 Å². The molecule has 0 unspecified atom stereocenters. The van der Waals surface area contributed by atoms with Crippen molar-refractivity contribution in [2.75, 3.05) is 0 Å². The van der Waals surface area contributed by atoms with E-state index in [1.807, 2.05) is 0 Å². The van der Waals surface area contributed by atoms with Gasteiger partial charge >= 0.3 is 11.9 Å². The van der Waals surface area contributed by atoms with Crippen LogP contribution < -0.4 is 0 Å². The van der Waals surface area contributed by atoms with Crippen molar-refractivity contribution in [3.05, 3.63) is 22.5 Å². The number of ketones is 1. The third-order valence-corrected chi connectivity index (χ3v) is 3.85. The van der Waals surface area contributed by atoms with E-state index in [1.54, 1.807) is 4.57 Å². The summed E-state index contributed by atoms with van der Waals surface area (Å²) in [6, 6.07) is 0.139. The molecule has 18 heavy (non-hydrogen) atoms. The highest BCUT2D eigenvalue weighted by Crippen LogP contribution is 2.54. The van der Waals surface area contributed by atoms with Crippen LogP contribution in [0.3, 0.4) is 0 Å². The number of aliphatic carboxylic acids is 1. The maximum Gasteiger partial charge on any atom is 0.377 e. The molecule has 6 nitrogen and oxygen atoms in total. The molecule has 6 heteroatoms. The average molecular weight is 249 g/mol. The van der Waals surface area contributed by atoms with Crippen molar-refractivity contribution >= 4 is 17.7 Å². The highest BCUT2D eigenvalue weighted by Gasteiger charge is 2.50. The number of hydrogen-bond donors (Lipinski definition) is 2. The van der Waals surface area contributed by atoms with Gasteiger partial charge in [0.2, 0.25) is 0 Å². The summed E-state index contributed by atoms with van der Waals surface area (Å²) in [5.74, 6) is -3.28. The lowest BCUT2D eigenvalue weighted by atomic mass is 10.0. The van der Waals surface area contributed by atoms with Crippen LogP contribution in [0.2, 0.25) is 0 Å². The zero-order valence-corrected chi connectivity index (χ0v) is 9.64. The number of carbonyl (C=O) groups is 3. The normalized spacial score (nSPS) is 23.4. The van der Waals surface area contributed by atoms with Crippen LogP contribution in [0.4, 0.5) is 0 Å². The van der Waals surface area contributed by atoms with Gasteiger partial charge in [-0.2, -0.15) is 0 Å². The fourth-order valence-corrected chi connectivity index (χ4v) is 3.02. The Morgan fingerprint density at radius 3 is 2.50 bits per heavy atom. The Balaban J connectivity index is 2.25. The molecule has 0 aromatic carbocycles. The van der Waals surface area contributed by atoms with Gasteiger partial charge in [0.05, 0.1) is 5.56 Å². The summed E-state index contributed by atoms with van der Waals surface area (Å²) in [6.07, 6.45) is 1.52. The van der Waals surface area contributed by atoms with E-state index in [2.05, 4.69) is 0 Å². The maximum absolute atomic E-state index is 11.7. The fraction of sp³-hybridized carbons (Fsp3) is 0.417. The van der Waals surface area contributed by atoms with Crippen LogP contribution in [0.15, 0.2) is 0 Å². The molecule has 1 fully saturated rings. The standard InChI is InChI=1S/C12H11NO5/c1-4-8(10(14)12(17)18)7-3-5-2-6(5)13(7)9(4)11(15)16/h5-6H,2-3H2,1H3,(H,15,16)(H,17,18)/t5-,6-/m1/s1. The lowest BCUT2D eigenvalue weighted by Crippen LogP contribution is -2.15.